The highest BCUT2D eigenvalue weighted by atomic mass is 35.5. The van der Waals surface area contributed by atoms with Gasteiger partial charge in [-0.3, -0.25) is 14.4 Å². The number of carbonyl (C=O) groups excluding carboxylic acids is 4. The summed E-state index contributed by atoms with van der Waals surface area (Å²) in [6.45, 7) is 0. The van der Waals surface area contributed by atoms with Crippen molar-refractivity contribution in [3.8, 4) is 0 Å². The first kappa shape index (κ1) is 30.0. The fourth-order valence-corrected chi connectivity index (χ4v) is 8.43. The van der Waals surface area contributed by atoms with Crippen LogP contribution >= 0.6 is 46.4 Å². The Bertz CT molecular complexity index is 1770. The van der Waals surface area contributed by atoms with E-state index in [1.165, 1.54) is 24.3 Å². The molecule has 0 saturated carbocycles. The number of alkyl halides is 3. The zero-order chi connectivity index (χ0) is 31.7. The van der Waals surface area contributed by atoms with Gasteiger partial charge in [0.05, 0.1) is 23.1 Å². The Labute approximate surface area is 278 Å². The van der Waals surface area contributed by atoms with Gasteiger partial charge in [-0.15, -0.1) is 34.8 Å². The molecule has 0 aromatic heterocycles. The molecule has 0 spiro atoms. The first-order chi connectivity index (χ1) is 21.6. The lowest BCUT2D eigenvalue weighted by atomic mass is 9.54. The third-order valence-corrected chi connectivity index (χ3v) is 10.7. The number of hydrogen-bond donors (Lipinski definition) is 0. The average Bonchev–Trinajstić information content (AvgIpc) is 3.34. The van der Waals surface area contributed by atoms with Gasteiger partial charge in [-0.25, -0.2) is 9.69 Å². The second-order valence-electron chi connectivity index (χ2n) is 11.3. The van der Waals surface area contributed by atoms with Gasteiger partial charge in [-0.1, -0.05) is 60.1 Å². The minimum Gasteiger partial charge on any atom is -0.450 e. The van der Waals surface area contributed by atoms with Crippen LogP contribution < -0.4 is 4.90 Å². The Hall–Kier alpha value is -3.68. The SMILES string of the molecule is O=C(O[C@H](CCCl)C(=O)c1ccc(Cl)cc1)c1ccc(N2C(=O)[C@H]3[C@H](C2=O)C2(Cl)c4ccccc4C3(Cl)c3ccccc32)cc1. The van der Waals surface area contributed by atoms with Crippen molar-refractivity contribution in [2.75, 3.05) is 10.8 Å². The van der Waals surface area contributed by atoms with Crippen LogP contribution in [0.15, 0.2) is 97.1 Å². The average molecular weight is 679 g/mol. The smallest absolute Gasteiger partial charge is 0.338 e. The van der Waals surface area contributed by atoms with Gasteiger partial charge in [0.15, 0.2) is 6.10 Å². The maximum absolute atomic E-state index is 14.2. The Kier molecular flexibility index (Phi) is 7.33. The van der Waals surface area contributed by atoms with Crippen LogP contribution in [0.2, 0.25) is 5.02 Å². The Balaban J connectivity index is 1.19. The molecule has 0 N–H and O–H groups in total. The molecule has 2 amide bonds. The highest BCUT2D eigenvalue weighted by Gasteiger charge is 2.73. The van der Waals surface area contributed by atoms with E-state index in [1.807, 2.05) is 48.5 Å². The molecule has 10 heteroatoms. The van der Waals surface area contributed by atoms with Crippen LogP contribution in [0.4, 0.5) is 5.69 Å². The van der Waals surface area contributed by atoms with Crippen molar-refractivity contribution in [3.05, 3.63) is 135 Å². The number of rotatable bonds is 7. The van der Waals surface area contributed by atoms with Gasteiger partial charge >= 0.3 is 5.97 Å². The fraction of sp³-hybridized carbons (Fsp3) is 0.200. The van der Waals surface area contributed by atoms with Crippen LogP contribution in [0.25, 0.3) is 0 Å². The standard InChI is InChI=1S/C35H23Cl4NO5/c36-18-17-27(30(41)19-9-13-21(37)14-10-19)45-33(44)20-11-15-22(16-12-20)40-31(42)28-29(32(40)43)35(39)24-6-2-1-5-23(24)34(28,38)25-7-3-4-8-26(25)35/h1-16,27-29H,17-18H2/t27-,28-,29-,34?,35?/m1/s1. The minimum atomic E-state index is -1.30. The predicted octanol–water partition coefficient (Wildman–Crippen LogP) is 7.47. The molecule has 0 radical (unpaired) electrons. The molecule has 8 rings (SSSR count). The van der Waals surface area contributed by atoms with Gasteiger partial charge in [-0.2, -0.15) is 0 Å². The summed E-state index contributed by atoms with van der Waals surface area (Å²) in [6, 6.07) is 27.0. The molecule has 45 heavy (non-hydrogen) atoms. The lowest BCUT2D eigenvalue weighted by molar-refractivity contribution is -0.122. The van der Waals surface area contributed by atoms with E-state index in [0.717, 1.165) is 4.90 Å². The number of nitrogens with zero attached hydrogens (tertiary/aromatic N) is 1. The van der Waals surface area contributed by atoms with Crippen molar-refractivity contribution in [1.29, 1.82) is 0 Å². The third-order valence-electron chi connectivity index (χ3n) is 8.99. The molecule has 3 aliphatic carbocycles. The number of carbonyl (C=O) groups is 4. The van der Waals surface area contributed by atoms with E-state index in [0.29, 0.717) is 32.8 Å². The quantitative estimate of drug-likeness (QED) is 0.0877. The van der Waals surface area contributed by atoms with Crippen molar-refractivity contribution in [2.24, 2.45) is 11.8 Å². The summed E-state index contributed by atoms with van der Waals surface area (Å²) in [7, 11) is 0. The summed E-state index contributed by atoms with van der Waals surface area (Å²) in [4.78, 5) is 53.0. The number of Topliss-reactive ketones (excluding diaryl/α,β-unsaturated/α-hetero) is 1. The van der Waals surface area contributed by atoms with E-state index in [-0.39, 0.29) is 23.6 Å². The number of halogens is 4. The van der Waals surface area contributed by atoms with E-state index in [2.05, 4.69) is 0 Å². The topological polar surface area (TPSA) is 80.8 Å². The number of imide groups is 1. The first-order valence-corrected chi connectivity index (χ1v) is 15.9. The Morgan fingerprint density at radius 1 is 0.711 bits per heavy atom. The molecule has 0 unspecified atom stereocenters. The molecule has 4 aliphatic rings. The lowest BCUT2D eigenvalue weighted by Crippen LogP contribution is -2.57. The van der Waals surface area contributed by atoms with Crippen LogP contribution in [0.1, 0.15) is 49.4 Å². The molecule has 3 atom stereocenters. The molecule has 1 heterocycles. The summed E-state index contributed by atoms with van der Waals surface area (Å²) in [6.07, 6.45) is -1.00. The molecular formula is C35H23Cl4NO5. The molecule has 1 aliphatic heterocycles. The largest absolute Gasteiger partial charge is 0.450 e. The Morgan fingerprint density at radius 2 is 1.16 bits per heavy atom. The number of ketones is 1. The van der Waals surface area contributed by atoms with Gasteiger partial charge in [-0.05, 0) is 70.8 Å². The molecule has 1 fully saturated rings. The van der Waals surface area contributed by atoms with Gasteiger partial charge < -0.3 is 4.74 Å². The second-order valence-corrected chi connectivity index (χ2v) is 13.3. The van der Waals surface area contributed by atoms with Crippen LogP contribution in [-0.2, 0) is 24.1 Å². The van der Waals surface area contributed by atoms with Crippen LogP contribution in [0.5, 0.6) is 0 Å². The molecular weight excluding hydrogens is 656 g/mol. The van der Waals surface area contributed by atoms with Crippen molar-refractivity contribution in [3.63, 3.8) is 0 Å². The number of esters is 1. The van der Waals surface area contributed by atoms with E-state index in [9.17, 15) is 19.2 Å². The Morgan fingerprint density at radius 3 is 1.60 bits per heavy atom. The third kappa shape index (κ3) is 4.30. The molecule has 226 valence electrons. The number of hydrogen-bond acceptors (Lipinski definition) is 5. The van der Waals surface area contributed by atoms with Crippen molar-refractivity contribution in [2.45, 2.75) is 22.3 Å². The molecule has 2 bridgehead atoms. The maximum atomic E-state index is 14.2. The van der Waals surface area contributed by atoms with Crippen molar-refractivity contribution >= 4 is 75.7 Å². The number of anilines is 1. The van der Waals surface area contributed by atoms with E-state index in [1.54, 1.807) is 24.3 Å². The maximum Gasteiger partial charge on any atom is 0.338 e. The van der Waals surface area contributed by atoms with Crippen molar-refractivity contribution < 1.29 is 23.9 Å². The van der Waals surface area contributed by atoms with Crippen LogP contribution in [0.3, 0.4) is 0 Å². The second kappa shape index (κ2) is 11.0. The molecule has 6 nitrogen and oxygen atoms in total. The molecule has 4 aromatic rings. The van der Waals surface area contributed by atoms with Gasteiger partial charge in [0.25, 0.3) is 0 Å². The summed E-state index contributed by atoms with van der Waals surface area (Å²) in [5, 5.41) is 0.468. The summed E-state index contributed by atoms with van der Waals surface area (Å²) >= 11 is 26.8. The van der Waals surface area contributed by atoms with Crippen LogP contribution in [-0.4, -0.2) is 35.6 Å². The fourth-order valence-electron chi connectivity index (χ4n) is 7.01. The summed E-state index contributed by atoms with van der Waals surface area (Å²) in [5.74, 6) is -3.91. The zero-order valence-corrected chi connectivity index (χ0v) is 26.4. The highest BCUT2D eigenvalue weighted by Crippen LogP contribution is 2.69. The monoisotopic (exact) mass is 677 g/mol. The minimum absolute atomic E-state index is 0.0928. The van der Waals surface area contributed by atoms with Crippen LogP contribution in [0, 0.1) is 11.8 Å². The first-order valence-electron chi connectivity index (χ1n) is 14.2. The zero-order valence-electron chi connectivity index (χ0n) is 23.4. The van der Waals surface area contributed by atoms with Crippen molar-refractivity contribution in [1.82, 2.24) is 0 Å². The number of benzene rings is 4. The molecule has 4 aromatic carbocycles. The van der Waals surface area contributed by atoms with E-state index >= 15 is 0 Å². The molecule has 1 saturated heterocycles. The van der Waals surface area contributed by atoms with E-state index in [4.69, 9.17) is 51.1 Å². The predicted molar refractivity (Wildman–Crippen MR) is 172 cm³/mol. The normalized spacial score (nSPS) is 24.9. The lowest BCUT2D eigenvalue weighted by Gasteiger charge is -2.54. The van der Waals surface area contributed by atoms with Gasteiger partial charge in [0.2, 0.25) is 17.6 Å². The number of ether oxygens (including phenoxy) is 1. The summed E-state index contributed by atoms with van der Waals surface area (Å²) in [5.41, 5.74) is 3.56. The number of amides is 2. The summed E-state index contributed by atoms with van der Waals surface area (Å²) < 4.78 is 5.55. The van der Waals surface area contributed by atoms with E-state index < -0.39 is 51.3 Å². The highest BCUT2D eigenvalue weighted by molar-refractivity contribution is 6.38. The van der Waals surface area contributed by atoms with Gasteiger partial charge in [0.1, 0.15) is 9.75 Å². The van der Waals surface area contributed by atoms with Gasteiger partial charge in [0, 0.05) is 22.9 Å².